The molecule has 27 heteroatoms. The fraction of sp³-hybridized carbons (Fsp3) is 0.511. The van der Waals surface area contributed by atoms with Crippen LogP contribution >= 0.6 is 21.6 Å². The van der Waals surface area contributed by atoms with E-state index in [-0.39, 0.29) is 68.4 Å². The number of phenols is 1. The van der Waals surface area contributed by atoms with Crippen molar-refractivity contribution in [3.8, 4) is 5.75 Å². The van der Waals surface area contributed by atoms with E-state index in [9.17, 15) is 53.1 Å². The van der Waals surface area contributed by atoms with Crippen LogP contribution in [0, 0.1) is 5.92 Å². The first-order chi connectivity index (χ1) is 35.2. The van der Waals surface area contributed by atoms with E-state index in [1.165, 1.54) is 17.0 Å². The quantitative estimate of drug-likeness (QED) is 0.0297. The van der Waals surface area contributed by atoms with Crippen molar-refractivity contribution in [1.29, 1.82) is 0 Å². The van der Waals surface area contributed by atoms with Gasteiger partial charge in [0, 0.05) is 37.4 Å². The molecule has 0 aromatic heterocycles. The summed E-state index contributed by atoms with van der Waals surface area (Å²) in [5.41, 5.74) is 29.4. The van der Waals surface area contributed by atoms with Crippen LogP contribution in [0.3, 0.4) is 0 Å². The molecular weight excluding hydrogens is 1000 g/mol. The molecule has 0 radical (unpaired) electrons. The molecule has 2 saturated heterocycles. The number of nitrogens with two attached hydrogens (primary N) is 5. The lowest BCUT2D eigenvalue weighted by molar-refractivity contribution is -0.142. The van der Waals surface area contributed by atoms with E-state index in [1.807, 2.05) is 0 Å². The summed E-state index contributed by atoms with van der Waals surface area (Å²) in [5.74, 6) is -9.30. The number of hydrogen-bond donors (Lipinski definition) is 13. The molecule has 0 aliphatic carbocycles. The number of benzene rings is 2. The average Bonchev–Trinajstić information content (AvgIpc) is 3.86. The monoisotopic (exact) mass is 1070 g/mol. The summed E-state index contributed by atoms with van der Waals surface area (Å²) in [7, 11) is 2.07. The lowest BCUT2D eigenvalue weighted by atomic mass is 9.97. The van der Waals surface area contributed by atoms with Crippen molar-refractivity contribution in [2.45, 2.75) is 114 Å². The number of carbonyl (C=O) groups is 10. The number of amides is 10. The average molecular weight is 1070 g/mol. The summed E-state index contributed by atoms with van der Waals surface area (Å²) in [4.78, 5) is 142. The number of aromatic hydroxyl groups is 1. The summed E-state index contributed by atoms with van der Waals surface area (Å²) in [6.45, 7) is 3.11. The number of nitrogens with one attached hydrogen (secondary N) is 7. The first-order valence-corrected chi connectivity index (χ1v) is 26.5. The van der Waals surface area contributed by atoms with Gasteiger partial charge in [-0.1, -0.05) is 84.3 Å². The maximum absolute atomic E-state index is 14.6. The first-order valence-electron chi connectivity index (χ1n) is 24.0. The summed E-state index contributed by atoms with van der Waals surface area (Å²) in [5, 5.41) is 28.2. The summed E-state index contributed by atoms with van der Waals surface area (Å²) in [6, 6.07) is 3.71. The van der Waals surface area contributed by atoms with E-state index in [2.05, 4.69) is 42.2 Å². The van der Waals surface area contributed by atoms with Gasteiger partial charge in [-0.25, -0.2) is 0 Å². The Bertz CT molecular complexity index is 2340. The van der Waals surface area contributed by atoms with Crippen LogP contribution in [-0.2, 0) is 60.8 Å². The molecule has 3 unspecified atom stereocenters. The number of guanidine groups is 1. The van der Waals surface area contributed by atoms with E-state index in [0.717, 1.165) is 21.6 Å². The molecule has 2 aliphatic heterocycles. The fourth-order valence-electron chi connectivity index (χ4n) is 7.91. The zero-order valence-corrected chi connectivity index (χ0v) is 42.8. The molecule has 2 fully saturated rings. The van der Waals surface area contributed by atoms with Gasteiger partial charge in [-0.05, 0) is 54.9 Å². The van der Waals surface area contributed by atoms with Gasteiger partial charge in [-0.15, -0.1) is 0 Å². The molecule has 0 spiro atoms. The van der Waals surface area contributed by atoms with Crippen molar-refractivity contribution in [3.05, 3.63) is 65.7 Å². The van der Waals surface area contributed by atoms with E-state index in [0.29, 0.717) is 24.0 Å². The number of hydrogen-bond acceptors (Lipinski definition) is 15. The highest BCUT2D eigenvalue weighted by molar-refractivity contribution is 8.76. The van der Waals surface area contributed by atoms with E-state index < -0.39 is 126 Å². The van der Waals surface area contributed by atoms with Gasteiger partial charge < -0.3 is 75.9 Å². The van der Waals surface area contributed by atoms with Gasteiger partial charge in [0.2, 0.25) is 59.1 Å². The highest BCUT2D eigenvalue weighted by Gasteiger charge is 2.41. The van der Waals surface area contributed by atoms with Crippen LogP contribution in [0.15, 0.2) is 59.6 Å². The molecule has 25 nitrogen and oxygen atoms in total. The molecule has 2 aliphatic rings. The Morgan fingerprint density at radius 1 is 0.757 bits per heavy atom. The molecule has 18 N–H and O–H groups in total. The van der Waals surface area contributed by atoms with E-state index in [1.54, 1.807) is 56.3 Å². The molecule has 2 aromatic rings. The van der Waals surface area contributed by atoms with E-state index >= 15 is 0 Å². The van der Waals surface area contributed by atoms with Gasteiger partial charge in [0.15, 0.2) is 5.96 Å². The lowest BCUT2D eigenvalue weighted by Crippen LogP contribution is -2.61. The Morgan fingerprint density at radius 2 is 1.32 bits per heavy atom. The molecule has 0 bridgehead atoms. The van der Waals surface area contributed by atoms with Gasteiger partial charge in [0.25, 0.3) is 0 Å². The smallest absolute Gasteiger partial charge is 0.246 e. The third-order valence-electron chi connectivity index (χ3n) is 12.1. The van der Waals surface area contributed by atoms with E-state index in [4.69, 9.17) is 28.7 Å². The van der Waals surface area contributed by atoms with Crippen molar-refractivity contribution in [3.63, 3.8) is 0 Å². The van der Waals surface area contributed by atoms with Crippen LogP contribution in [0.25, 0.3) is 0 Å². The Morgan fingerprint density at radius 3 is 1.93 bits per heavy atom. The second kappa shape index (κ2) is 29.5. The second-order valence-electron chi connectivity index (χ2n) is 17.9. The Labute approximate surface area is 436 Å². The Hall–Kier alpha value is -7.13. The van der Waals surface area contributed by atoms with Crippen LogP contribution in [-0.4, -0.2) is 155 Å². The van der Waals surface area contributed by atoms with Gasteiger partial charge in [0.05, 0.1) is 19.0 Å². The van der Waals surface area contributed by atoms with Crippen molar-refractivity contribution in [2.75, 3.05) is 31.1 Å². The molecular formula is C47H68N14O11S2. The standard InChI is InChI=1S/C47H68N14O11S2/c1-3-25(2)38(45(71)54-22-37(50)64)60-44(70)35-12-8-18-61(35)46(72)34-24-74-73-23-29(48)39(65)56-31(20-27-13-15-28(62)16-14-27)42(68)57-32(19-26-9-5-4-6-10-26)41(67)55-30(11-7-17-53-47(51)52)40(66)58-33(21-36(49)63)43(69)59-34/h4-6,9-10,13-16,25,29-35,38,62H,3,7-8,11-12,17-24,48H2,1-2H3,(H2,49,63)(H2,50,64)(H,54,71)(H,55,67)(H,56,65)(H,57,68)(H,58,66)(H,59,69)(H,60,70)(H4,51,52,53)/t25-,29-,30-,31?,32-,33?,34?,35-,38-/m0/s1. The molecule has 9 atom stereocenters. The van der Waals surface area contributed by atoms with Crippen LogP contribution in [0.2, 0.25) is 0 Å². The van der Waals surface area contributed by atoms with Crippen molar-refractivity contribution in [2.24, 2.45) is 39.6 Å². The van der Waals surface area contributed by atoms with Crippen LogP contribution in [0.4, 0.5) is 0 Å². The van der Waals surface area contributed by atoms with Crippen molar-refractivity contribution >= 4 is 86.6 Å². The Balaban J connectivity index is 1.74. The molecule has 0 saturated carbocycles. The minimum atomic E-state index is -1.72. The van der Waals surface area contributed by atoms with Crippen molar-refractivity contribution in [1.82, 2.24) is 42.1 Å². The van der Waals surface area contributed by atoms with Gasteiger partial charge in [0.1, 0.15) is 48.0 Å². The highest BCUT2D eigenvalue weighted by atomic mass is 33.1. The van der Waals surface area contributed by atoms with Crippen molar-refractivity contribution < 1.29 is 53.1 Å². The number of phenolic OH excluding ortho intramolecular Hbond substituents is 1. The Kier molecular flexibility index (Phi) is 23.7. The number of rotatable bonds is 18. The molecule has 404 valence electrons. The maximum Gasteiger partial charge on any atom is 0.246 e. The second-order valence-corrected chi connectivity index (χ2v) is 20.5. The highest BCUT2D eigenvalue weighted by Crippen LogP contribution is 2.26. The molecule has 74 heavy (non-hydrogen) atoms. The molecule has 10 amide bonds. The third kappa shape index (κ3) is 19.0. The summed E-state index contributed by atoms with van der Waals surface area (Å²) in [6.07, 6.45) is -0.0233. The zero-order valence-electron chi connectivity index (χ0n) is 41.2. The van der Waals surface area contributed by atoms with Crippen LogP contribution < -0.4 is 65.9 Å². The predicted molar refractivity (Wildman–Crippen MR) is 277 cm³/mol. The summed E-state index contributed by atoms with van der Waals surface area (Å²) >= 11 is 0. The lowest BCUT2D eigenvalue weighted by Gasteiger charge is -2.31. The van der Waals surface area contributed by atoms with Crippen LogP contribution in [0.1, 0.15) is 63.5 Å². The van der Waals surface area contributed by atoms with Gasteiger partial charge in [-0.3, -0.25) is 52.9 Å². The zero-order chi connectivity index (χ0) is 54.5. The molecule has 4 rings (SSSR count). The third-order valence-corrected chi connectivity index (χ3v) is 14.6. The SMILES string of the molecule is CC[C@H](C)[C@H](NC(=O)[C@@H]1CCCN1C(=O)C1CSSC[C@H](N)C(=O)NC(Cc2ccc(O)cc2)C(=O)N[C@@H](Cc2ccccc2)C(=O)N[C@@H](CCCN=C(N)N)C(=O)NC(CC(N)=O)C(=O)N1)C(=O)NCC(N)=O. The molecule has 2 heterocycles. The number of nitrogens with zero attached hydrogens (tertiary/aromatic N) is 2. The topological polar surface area (TPSA) is 421 Å². The number of carbonyl (C=O) groups excluding carboxylic acids is 10. The number of primary amides is 2. The minimum Gasteiger partial charge on any atom is -0.508 e. The number of aliphatic imine (C=N–C) groups is 1. The normalized spacial score (nSPS) is 23.3. The minimum absolute atomic E-state index is 0.00784. The fourth-order valence-corrected chi connectivity index (χ4v) is 10.2. The van der Waals surface area contributed by atoms with Crippen LogP contribution in [0.5, 0.6) is 5.75 Å². The largest absolute Gasteiger partial charge is 0.508 e. The van der Waals surface area contributed by atoms with Gasteiger partial charge in [-0.2, -0.15) is 0 Å². The number of likely N-dealkylation sites (tertiary alicyclic amines) is 1. The van der Waals surface area contributed by atoms with Gasteiger partial charge >= 0.3 is 0 Å². The summed E-state index contributed by atoms with van der Waals surface area (Å²) < 4.78 is 0. The molecule has 2 aromatic carbocycles. The first kappa shape index (κ1) is 59.4. The predicted octanol–water partition coefficient (Wildman–Crippen LogP) is -3.62. The maximum atomic E-state index is 14.6.